The number of piperazine rings is 1. The zero-order valence-electron chi connectivity index (χ0n) is 33.0. The van der Waals surface area contributed by atoms with Gasteiger partial charge in [0, 0.05) is 44.4 Å². The number of ketones is 1. The third kappa shape index (κ3) is 5.17. The van der Waals surface area contributed by atoms with E-state index in [1.54, 1.807) is 0 Å². The van der Waals surface area contributed by atoms with Crippen molar-refractivity contribution in [2.45, 2.75) is 139 Å². The number of amides is 1. The second-order valence-corrected chi connectivity index (χ2v) is 20.9. The predicted molar refractivity (Wildman–Crippen MR) is 199 cm³/mol. The van der Waals surface area contributed by atoms with E-state index >= 15 is 0 Å². The lowest BCUT2D eigenvalue weighted by atomic mass is 9.32. The number of aliphatic hydroxyl groups excluding tert-OH is 1. The van der Waals surface area contributed by atoms with Gasteiger partial charge in [0.25, 0.3) is 0 Å². The molecule has 0 aromatic carbocycles. The minimum atomic E-state index is -0.203. The number of Topliss-reactive ketones (excluding diaryl/α,β-unsaturated/α-hetero) is 1. The maximum absolute atomic E-state index is 14.9. The molecule has 1 amide bonds. The second-order valence-electron chi connectivity index (χ2n) is 20.9. The van der Waals surface area contributed by atoms with Crippen LogP contribution in [0.4, 0.5) is 0 Å². The van der Waals surface area contributed by atoms with Crippen molar-refractivity contribution in [3.63, 3.8) is 0 Å². The number of nitrogens with zero attached hydrogens (tertiary/aromatic N) is 2. The van der Waals surface area contributed by atoms with Gasteiger partial charge in [-0.15, -0.1) is 0 Å². The fourth-order valence-corrected chi connectivity index (χ4v) is 15.3. The summed E-state index contributed by atoms with van der Waals surface area (Å²) in [5.41, 5.74) is 1.73. The number of likely N-dealkylation sites (N-methyl/N-ethyl adjacent to an activating group) is 1. The summed E-state index contributed by atoms with van der Waals surface area (Å²) in [6.45, 7) is 30.9. The van der Waals surface area contributed by atoms with E-state index in [4.69, 9.17) is 0 Å². The molecule has 0 aromatic rings. The third-order valence-electron chi connectivity index (χ3n) is 18.7. The Morgan fingerprint density at radius 3 is 2.12 bits per heavy atom. The first-order valence-corrected chi connectivity index (χ1v) is 20.8. The Morgan fingerprint density at radius 2 is 1.49 bits per heavy atom. The molecule has 6 aliphatic carbocycles. The van der Waals surface area contributed by atoms with Crippen molar-refractivity contribution < 1.29 is 14.7 Å². The largest absolute Gasteiger partial charge is 0.393 e. The van der Waals surface area contributed by atoms with Crippen molar-refractivity contribution in [2.75, 3.05) is 32.7 Å². The van der Waals surface area contributed by atoms with Crippen molar-refractivity contribution in [1.29, 1.82) is 0 Å². The Kier molecular flexibility index (Phi) is 8.99. The van der Waals surface area contributed by atoms with Crippen LogP contribution in [-0.2, 0) is 9.59 Å². The van der Waals surface area contributed by atoms with Crippen molar-refractivity contribution in [3.05, 3.63) is 12.2 Å². The van der Waals surface area contributed by atoms with Gasteiger partial charge >= 0.3 is 0 Å². The minimum absolute atomic E-state index is 0.0442. The Bertz CT molecular complexity index is 1330. The molecule has 5 heteroatoms. The zero-order valence-corrected chi connectivity index (χ0v) is 33.0. The highest BCUT2D eigenvalue weighted by atomic mass is 16.3. The molecule has 1 heterocycles. The van der Waals surface area contributed by atoms with Crippen molar-refractivity contribution in [2.24, 2.45) is 80.3 Å². The first-order valence-electron chi connectivity index (χ1n) is 20.8. The standard InChI is InChI=1S/C44H72N2O3/c1-11-45-20-22-46(23-21-45)39(49)33-24-28(40(33,4)5)25-34(47)31-26-44(10)32(38-29(27(2)3)12-13-30(31)38)14-15-36-42(8)18-17-37(48)41(6,7)35(42)16-19-43(36,44)9/h28-33,35-38,48H,2,11-26H2,1,3-10H3/t28-,29+,30?,31+,32-,33+,35+,36-,37+,38?,42+,43-,44-/m1/s1. The zero-order chi connectivity index (χ0) is 35.5. The van der Waals surface area contributed by atoms with Gasteiger partial charge in [0.2, 0.25) is 5.91 Å². The lowest BCUT2D eigenvalue weighted by molar-refractivity contribution is -0.246. The molecule has 1 N–H and O–H groups in total. The lowest BCUT2D eigenvalue weighted by Gasteiger charge is -2.72. The summed E-state index contributed by atoms with van der Waals surface area (Å²) >= 11 is 0. The smallest absolute Gasteiger partial charge is 0.226 e. The first-order chi connectivity index (χ1) is 22.9. The SMILES string of the molecule is C=C(C)[C@@H]1CCC2C1[C@H]1CC[C@@H]3[C@@]4(C)CC[C@H](O)C(C)(C)[C@@H]4CC[C@@]3(C)[C@]1(C)C[C@@H]2C(=O)C[C@H]1C[C@@H](C(=O)N2CCN(CC)CC2)C1(C)C. The summed E-state index contributed by atoms with van der Waals surface area (Å²) in [6.07, 6.45) is 11.8. The number of carbonyl (C=O) groups excluding carboxylic acids is 2. The van der Waals surface area contributed by atoms with E-state index in [0.717, 1.165) is 58.4 Å². The van der Waals surface area contributed by atoms with Crippen LogP contribution in [0.15, 0.2) is 12.2 Å². The minimum Gasteiger partial charge on any atom is -0.393 e. The molecule has 0 radical (unpaired) electrons. The molecular formula is C44H72N2O3. The van der Waals surface area contributed by atoms with E-state index in [-0.39, 0.29) is 45.0 Å². The van der Waals surface area contributed by atoms with Gasteiger partial charge in [-0.3, -0.25) is 9.59 Å². The number of hydrogen-bond donors (Lipinski definition) is 1. The van der Waals surface area contributed by atoms with Crippen LogP contribution in [0.1, 0.15) is 133 Å². The number of rotatable bonds is 6. The summed E-state index contributed by atoms with van der Waals surface area (Å²) < 4.78 is 0. The number of fused-ring (bicyclic) bond motifs is 7. The van der Waals surface area contributed by atoms with Gasteiger partial charge in [-0.05, 0) is 146 Å². The molecule has 0 aromatic heterocycles. The number of hydrogen-bond acceptors (Lipinski definition) is 4. The molecule has 6 saturated carbocycles. The molecule has 1 aliphatic heterocycles. The van der Waals surface area contributed by atoms with Gasteiger partial charge < -0.3 is 14.9 Å². The molecule has 7 fully saturated rings. The molecule has 7 aliphatic rings. The van der Waals surface area contributed by atoms with E-state index < -0.39 is 0 Å². The van der Waals surface area contributed by atoms with Crippen LogP contribution < -0.4 is 0 Å². The Hall–Kier alpha value is -1.20. The average molecular weight is 677 g/mol. The van der Waals surface area contributed by atoms with Crippen molar-refractivity contribution in [1.82, 2.24) is 9.80 Å². The van der Waals surface area contributed by atoms with Gasteiger partial charge in [-0.25, -0.2) is 0 Å². The molecule has 1 saturated heterocycles. The Balaban J connectivity index is 1.14. The monoisotopic (exact) mass is 677 g/mol. The fourth-order valence-electron chi connectivity index (χ4n) is 15.3. The molecule has 5 nitrogen and oxygen atoms in total. The molecule has 0 bridgehead atoms. The summed E-state index contributed by atoms with van der Waals surface area (Å²) in [7, 11) is 0. The van der Waals surface area contributed by atoms with Crippen LogP contribution in [0.2, 0.25) is 0 Å². The summed E-state index contributed by atoms with van der Waals surface area (Å²) in [6, 6.07) is 0. The van der Waals surface area contributed by atoms with Crippen LogP contribution >= 0.6 is 0 Å². The first kappa shape index (κ1) is 36.2. The maximum Gasteiger partial charge on any atom is 0.226 e. The van der Waals surface area contributed by atoms with Crippen molar-refractivity contribution >= 4 is 11.7 Å². The summed E-state index contributed by atoms with van der Waals surface area (Å²) in [4.78, 5) is 33.2. The highest BCUT2D eigenvalue weighted by Gasteiger charge is 2.70. The normalized spacial score (nSPS) is 48.7. The fraction of sp³-hybridized carbons (Fsp3) is 0.909. The average Bonchev–Trinajstić information content (AvgIpc) is 3.50. The van der Waals surface area contributed by atoms with Crippen LogP contribution in [-0.4, -0.2) is 65.4 Å². The van der Waals surface area contributed by atoms with Gasteiger partial charge in [-0.2, -0.15) is 0 Å². The van der Waals surface area contributed by atoms with E-state index in [9.17, 15) is 14.7 Å². The van der Waals surface area contributed by atoms with E-state index in [1.165, 1.54) is 44.1 Å². The van der Waals surface area contributed by atoms with Gasteiger partial charge in [-0.1, -0.05) is 67.5 Å². The lowest BCUT2D eigenvalue weighted by Crippen LogP contribution is -2.67. The Labute approximate surface area is 299 Å². The molecule has 13 atom stereocenters. The van der Waals surface area contributed by atoms with E-state index in [2.05, 4.69) is 78.7 Å². The van der Waals surface area contributed by atoms with Gasteiger partial charge in [0.15, 0.2) is 0 Å². The molecule has 7 rings (SSSR count). The van der Waals surface area contributed by atoms with Gasteiger partial charge in [0.1, 0.15) is 5.78 Å². The van der Waals surface area contributed by atoms with E-state index in [1.807, 2.05) is 0 Å². The maximum atomic E-state index is 14.9. The predicted octanol–water partition coefficient (Wildman–Crippen LogP) is 8.65. The van der Waals surface area contributed by atoms with Crippen LogP contribution in [0.3, 0.4) is 0 Å². The van der Waals surface area contributed by atoms with Crippen LogP contribution in [0, 0.1) is 80.3 Å². The number of allylic oxidation sites excluding steroid dienone is 1. The number of aliphatic hydroxyl groups is 1. The highest BCUT2D eigenvalue weighted by molar-refractivity contribution is 5.84. The van der Waals surface area contributed by atoms with Crippen LogP contribution in [0.25, 0.3) is 0 Å². The quantitative estimate of drug-likeness (QED) is 0.286. The second kappa shape index (κ2) is 12.2. The molecule has 49 heavy (non-hydrogen) atoms. The van der Waals surface area contributed by atoms with E-state index in [0.29, 0.717) is 59.5 Å². The molecule has 276 valence electrons. The topological polar surface area (TPSA) is 60.9 Å². The van der Waals surface area contributed by atoms with Crippen molar-refractivity contribution in [3.8, 4) is 0 Å². The van der Waals surface area contributed by atoms with Gasteiger partial charge in [0.05, 0.1) is 6.10 Å². The highest BCUT2D eigenvalue weighted by Crippen LogP contribution is 2.76. The third-order valence-corrected chi connectivity index (χ3v) is 18.7. The molecular weight excluding hydrogens is 604 g/mol. The summed E-state index contributed by atoms with van der Waals surface area (Å²) in [5.74, 6) is 4.78. The Morgan fingerprint density at radius 1 is 0.796 bits per heavy atom. The number of carbonyl (C=O) groups is 2. The molecule has 2 unspecified atom stereocenters. The summed E-state index contributed by atoms with van der Waals surface area (Å²) in [5, 5.41) is 11.2. The van der Waals surface area contributed by atoms with Crippen LogP contribution in [0.5, 0.6) is 0 Å². The molecule has 0 spiro atoms.